The predicted molar refractivity (Wildman–Crippen MR) is 75.0 cm³/mol. The van der Waals surface area contributed by atoms with Gasteiger partial charge < -0.3 is 4.74 Å². The Balaban J connectivity index is 2.09. The van der Waals surface area contributed by atoms with Crippen LogP contribution in [0.1, 0.15) is 31.7 Å². The van der Waals surface area contributed by atoms with Crippen molar-refractivity contribution in [2.45, 2.75) is 44.2 Å². The minimum Gasteiger partial charge on any atom is -0.374 e. The number of ether oxygens (including phenoxy) is 1. The van der Waals surface area contributed by atoms with Crippen molar-refractivity contribution in [1.82, 2.24) is 10.4 Å². The Bertz CT molecular complexity index is 394. The van der Waals surface area contributed by atoms with E-state index in [-0.39, 0.29) is 11.6 Å². The molecule has 0 aromatic carbocycles. The van der Waals surface area contributed by atoms with Crippen LogP contribution in [0.25, 0.3) is 0 Å². The van der Waals surface area contributed by atoms with Gasteiger partial charge in [0.05, 0.1) is 11.6 Å². The summed E-state index contributed by atoms with van der Waals surface area (Å²) >= 11 is 3.44. The van der Waals surface area contributed by atoms with Crippen molar-refractivity contribution in [2.24, 2.45) is 5.84 Å². The number of halogens is 1. The Morgan fingerprint density at radius 2 is 2.39 bits per heavy atom. The lowest BCUT2D eigenvalue weighted by Crippen LogP contribution is -2.55. The van der Waals surface area contributed by atoms with Gasteiger partial charge in [0.1, 0.15) is 0 Å². The molecule has 1 aliphatic rings. The highest BCUT2D eigenvalue weighted by Crippen LogP contribution is 2.29. The van der Waals surface area contributed by atoms with Gasteiger partial charge in [-0.1, -0.05) is 0 Å². The SMILES string of the molecule is CC1(C(Cc2cncc(Br)c2)NN)CCCCO1. The third-order valence-corrected chi connectivity index (χ3v) is 4.07. The molecule has 1 aliphatic heterocycles. The molecular weight excluding hydrogens is 294 g/mol. The zero-order valence-electron chi connectivity index (χ0n) is 10.7. The van der Waals surface area contributed by atoms with Crippen LogP contribution >= 0.6 is 15.9 Å². The third-order valence-electron chi connectivity index (χ3n) is 3.64. The minimum absolute atomic E-state index is 0.105. The van der Waals surface area contributed by atoms with Crippen molar-refractivity contribution in [3.8, 4) is 0 Å². The van der Waals surface area contributed by atoms with E-state index in [9.17, 15) is 0 Å². The average molecular weight is 314 g/mol. The summed E-state index contributed by atoms with van der Waals surface area (Å²) in [7, 11) is 0. The molecule has 2 atom stereocenters. The highest BCUT2D eigenvalue weighted by Gasteiger charge is 2.36. The molecule has 2 rings (SSSR count). The second-order valence-electron chi connectivity index (χ2n) is 5.05. The Kier molecular flexibility index (Phi) is 4.72. The van der Waals surface area contributed by atoms with Crippen molar-refractivity contribution in [1.29, 1.82) is 0 Å². The molecule has 4 nitrogen and oxygen atoms in total. The molecule has 0 radical (unpaired) electrons. The summed E-state index contributed by atoms with van der Waals surface area (Å²) in [5.74, 6) is 5.71. The molecule has 0 saturated carbocycles. The summed E-state index contributed by atoms with van der Waals surface area (Å²) in [5, 5.41) is 0. The highest BCUT2D eigenvalue weighted by atomic mass is 79.9. The molecule has 0 bridgehead atoms. The number of aromatic nitrogens is 1. The maximum Gasteiger partial charge on any atom is 0.0823 e. The van der Waals surface area contributed by atoms with Crippen LogP contribution in [-0.4, -0.2) is 23.2 Å². The molecule has 18 heavy (non-hydrogen) atoms. The summed E-state index contributed by atoms with van der Waals surface area (Å²) in [6.07, 6.45) is 7.87. The number of nitrogens with one attached hydrogen (secondary N) is 1. The molecule has 0 amide bonds. The van der Waals surface area contributed by atoms with E-state index in [1.807, 2.05) is 6.20 Å². The molecule has 100 valence electrons. The van der Waals surface area contributed by atoms with E-state index in [0.29, 0.717) is 0 Å². The molecule has 1 saturated heterocycles. The molecule has 2 heterocycles. The van der Waals surface area contributed by atoms with Gasteiger partial charge >= 0.3 is 0 Å². The molecular formula is C13H20BrN3O. The van der Waals surface area contributed by atoms with Gasteiger partial charge in [-0.2, -0.15) is 0 Å². The number of hydrogen-bond donors (Lipinski definition) is 2. The van der Waals surface area contributed by atoms with Crippen LogP contribution in [0.3, 0.4) is 0 Å². The number of nitrogens with two attached hydrogens (primary N) is 1. The topological polar surface area (TPSA) is 60.2 Å². The standard InChI is InChI=1S/C13H20BrN3O/c1-13(4-2-3-5-18-13)12(17-15)7-10-6-11(14)9-16-8-10/h6,8-9,12,17H,2-5,7,15H2,1H3. The van der Waals surface area contributed by atoms with Crippen LogP contribution in [0, 0.1) is 0 Å². The van der Waals surface area contributed by atoms with Gasteiger partial charge in [-0.05, 0) is 60.2 Å². The third kappa shape index (κ3) is 3.29. The quantitative estimate of drug-likeness (QED) is 0.660. The number of rotatable bonds is 4. The first-order valence-corrected chi connectivity index (χ1v) is 7.13. The lowest BCUT2D eigenvalue weighted by Gasteiger charge is -2.40. The zero-order chi connectivity index (χ0) is 13.0. The van der Waals surface area contributed by atoms with Crippen molar-refractivity contribution < 1.29 is 4.74 Å². The number of hydrazine groups is 1. The number of pyridine rings is 1. The fourth-order valence-electron chi connectivity index (χ4n) is 2.48. The van der Waals surface area contributed by atoms with Gasteiger partial charge in [0.25, 0.3) is 0 Å². The molecule has 3 N–H and O–H groups in total. The lowest BCUT2D eigenvalue weighted by molar-refractivity contribution is -0.0884. The largest absolute Gasteiger partial charge is 0.374 e. The molecule has 1 fully saturated rings. The van der Waals surface area contributed by atoms with E-state index in [4.69, 9.17) is 10.6 Å². The van der Waals surface area contributed by atoms with Gasteiger partial charge in [-0.3, -0.25) is 16.3 Å². The maximum absolute atomic E-state index is 5.95. The van der Waals surface area contributed by atoms with Crippen LogP contribution in [0.2, 0.25) is 0 Å². The van der Waals surface area contributed by atoms with Crippen molar-refractivity contribution >= 4 is 15.9 Å². The fraction of sp³-hybridized carbons (Fsp3) is 0.615. The van der Waals surface area contributed by atoms with Crippen LogP contribution in [0.15, 0.2) is 22.9 Å². The van der Waals surface area contributed by atoms with E-state index in [1.165, 1.54) is 6.42 Å². The fourth-order valence-corrected chi connectivity index (χ4v) is 2.90. The Morgan fingerprint density at radius 3 is 3.00 bits per heavy atom. The zero-order valence-corrected chi connectivity index (χ0v) is 12.2. The monoisotopic (exact) mass is 313 g/mol. The van der Waals surface area contributed by atoms with Crippen LogP contribution in [0.4, 0.5) is 0 Å². The molecule has 0 aliphatic carbocycles. The second-order valence-corrected chi connectivity index (χ2v) is 5.97. The van der Waals surface area contributed by atoms with Crippen molar-refractivity contribution in [2.75, 3.05) is 6.61 Å². The van der Waals surface area contributed by atoms with E-state index in [1.54, 1.807) is 6.20 Å². The summed E-state index contributed by atoms with van der Waals surface area (Å²) in [6.45, 7) is 2.97. The van der Waals surface area contributed by atoms with Crippen LogP contribution in [0.5, 0.6) is 0 Å². The highest BCUT2D eigenvalue weighted by molar-refractivity contribution is 9.10. The number of hydrogen-bond acceptors (Lipinski definition) is 4. The normalized spacial score (nSPS) is 25.9. The summed E-state index contributed by atoms with van der Waals surface area (Å²) < 4.78 is 6.94. The molecule has 0 spiro atoms. The molecule has 2 unspecified atom stereocenters. The van der Waals surface area contributed by atoms with Crippen molar-refractivity contribution in [3.63, 3.8) is 0 Å². The average Bonchev–Trinajstić information content (AvgIpc) is 2.37. The first-order chi connectivity index (χ1) is 8.64. The van der Waals surface area contributed by atoms with E-state index in [0.717, 1.165) is 35.9 Å². The van der Waals surface area contributed by atoms with E-state index >= 15 is 0 Å². The first-order valence-electron chi connectivity index (χ1n) is 6.33. The number of nitrogens with zero attached hydrogens (tertiary/aromatic N) is 1. The van der Waals surface area contributed by atoms with Gasteiger partial charge in [0.15, 0.2) is 0 Å². The first kappa shape index (κ1) is 13.9. The predicted octanol–water partition coefficient (Wildman–Crippen LogP) is 2.18. The summed E-state index contributed by atoms with van der Waals surface area (Å²) in [4.78, 5) is 4.18. The van der Waals surface area contributed by atoms with E-state index < -0.39 is 0 Å². The van der Waals surface area contributed by atoms with Gasteiger partial charge in [0, 0.05) is 23.5 Å². The Hall–Kier alpha value is -0.490. The summed E-state index contributed by atoms with van der Waals surface area (Å²) in [5.41, 5.74) is 3.88. The smallest absolute Gasteiger partial charge is 0.0823 e. The van der Waals surface area contributed by atoms with Crippen molar-refractivity contribution in [3.05, 3.63) is 28.5 Å². The lowest BCUT2D eigenvalue weighted by atomic mass is 9.85. The van der Waals surface area contributed by atoms with Crippen LogP contribution < -0.4 is 11.3 Å². The van der Waals surface area contributed by atoms with Crippen LogP contribution in [-0.2, 0) is 11.2 Å². The second kappa shape index (κ2) is 6.10. The molecule has 5 heteroatoms. The minimum atomic E-state index is -0.185. The Labute approximate surface area is 116 Å². The molecule has 1 aromatic rings. The maximum atomic E-state index is 5.95. The van der Waals surface area contributed by atoms with Gasteiger partial charge in [-0.25, -0.2) is 0 Å². The van der Waals surface area contributed by atoms with Gasteiger partial charge in [0.2, 0.25) is 0 Å². The van der Waals surface area contributed by atoms with Gasteiger partial charge in [-0.15, -0.1) is 0 Å². The van der Waals surface area contributed by atoms with E-state index in [2.05, 4.69) is 39.3 Å². The molecule has 1 aromatic heterocycles. The Morgan fingerprint density at radius 1 is 1.56 bits per heavy atom. The summed E-state index contributed by atoms with van der Waals surface area (Å²) in [6, 6.07) is 2.18.